The first-order valence-corrected chi connectivity index (χ1v) is 2.02. The van der Waals surface area contributed by atoms with Crippen molar-refractivity contribution in [3.63, 3.8) is 0 Å². The lowest BCUT2D eigenvalue weighted by Crippen LogP contribution is -2.14. The van der Waals surface area contributed by atoms with Gasteiger partial charge in [-0.15, -0.1) is 0 Å². The summed E-state index contributed by atoms with van der Waals surface area (Å²) in [6.45, 7) is 3.11. The van der Waals surface area contributed by atoms with E-state index in [0.717, 1.165) is 0 Å². The zero-order valence-corrected chi connectivity index (χ0v) is 4.04. The van der Waals surface area contributed by atoms with E-state index in [4.69, 9.17) is 10.2 Å². The van der Waals surface area contributed by atoms with Crippen molar-refractivity contribution >= 4 is 6.72 Å². The maximum Gasteiger partial charge on any atom is 0.0965 e. The minimum Gasteiger partial charge on any atom is -0.394 e. The first kappa shape index (κ1) is 6.59. The average Bonchev–Trinajstić information content (AvgIpc) is 1.68. The lowest BCUT2D eigenvalue weighted by Gasteiger charge is -1.98. The molecule has 0 aliphatic carbocycles. The summed E-state index contributed by atoms with van der Waals surface area (Å²) in [4.78, 5) is 3.35. The van der Waals surface area contributed by atoms with Crippen LogP contribution >= 0.6 is 0 Å². The molecule has 0 radical (unpaired) electrons. The first-order chi connectivity index (χ1) is 3.31. The fourth-order valence-corrected chi connectivity index (χ4v) is 0.207. The Balaban J connectivity index is 2.98. The maximum atomic E-state index is 8.47. The molecule has 0 rings (SSSR count). The van der Waals surface area contributed by atoms with Crippen molar-refractivity contribution in [2.75, 3.05) is 13.2 Å². The van der Waals surface area contributed by atoms with Crippen LogP contribution in [0.4, 0.5) is 0 Å². The second-order valence-electron chi connectivity index (χ2n) is 1.24. The van der Waals surface area contributed by atoms with Gasteiger partial charge in [-0.05, 0) is 6.72 Å². The molecule has 0 fully saturated rings. The predicted octanol–water partition coefficient (Wildman–Crippen LogP) is -0.960. The second kappa shape index (κ2) is 3.77. The van der Waals surface area contributed by atoms with Gasteiger partial charge in [-0.2, -0.15) is 0 Å². The summed E-state index contributed by atoms with van der Waals surface area (Å²) in [5.74, 6) is 0. The molecule has 1 unspecified atom stereocenters. The first-order valence-electron chi connectivity index (χ1n) is 2.02. The monoisotopic (exact) mass is 103 g/mol. The van der Waals surface area contributed by atoms with Crippen LogP contribution in [0.15, 0.2) is 4.99 Å². The number of hydrogen-bond donors (Lipinski definition) is 2. The molecule has 0 aliphatic rings. The van der Waals surface area contributed by atoms with E-state index in [9.17, 15) is 0 Å². The molecule has 3 heteroatoms. The summed E-state index contributed by atoms with van der Waals surface area (Å²) in [6.07, 6.45) is -0.725. The fraction of sp³-hybridized carbons (Fsp3) is 0.750. The molecule has 2 N–H and O–H groups in total. The van der Waals surface area contributed by atoms with E-state index < -0.39 is 6.10 Å². The van der Waals surface area contributed by atoms with Crippen LogP contribution < -0.4 is 0 Å². The molecule has 7 heavy (non-hydrogen) atoms. The van der Waals surface area contributed by atoms with E-state index >= 15 is 0 Å². The molecule has 0 saturated carbocycles. The van der Waals surface area contributed by atoms with Gasteiger partial charge in [0.15, 0.2) is 0 Å². The van der Waals surface area contributed by atoms with Crippen LogP contribution in [0.25, 0.3) is 0 Å². The average molecular weight is 103 g/mol. The van der Waals surface area contributed by atoms with Gasteiger partial charge in [0.25, 0.3) is 0 Å². The summed E-state index contributed by atoms with van der Waals surface area (Å²) in [5, 5.41) is 16.6. The van der Waals surface area contributed by atoms with Crippen LogP contribution in [0, 0.1) is 0 Å². The molecule has 0 heterocycles. The Morgan fingerprint density at radius 3 is 2.43 bits per heavy atom. The Morgan fingerprint density at radius 2 is 2.29 bits per heavy atom. The minimum absolute atomic E-state index is 0.219. The van der Waals surface area contributed by atoms with E-state index in [2.05, 4.69) is 11.7 Å². The Labute approximate surface area is 42.3 Å². The van der Waals surface area contributed by atoms with Crippen molar-refractivity contribution < 1.29 is 10.2 Å². The van der Waals surface area contributed by atoms with Gasteiger partial charge < -0.3 is 10.2 Å². The number of hydrogen-bond acceptors (Lipinski definition) is 3. The molecule has 42 valence electrons. The smallest absolute Gasteiger partial charge is 0.0965 e. The molecule has 0 bridgehead atoms. The van der Waals surface area contributed by atoms with Crippen LogP contribution in [0.1, 0.15) is 0 Å². The van der Waals surface area contributed by atoms with Crippen molar-refractivity contribution in [1.29, 1.82) is 0 Å². The van der Waals surface area contributed by atoms with Gasteiger partial charge in [0.05, 0.1) is 19.3 Å². The molecule has 0 aliphatic heterocycles. The van der Waals surface area contributed by atoms with Crippen LogP contribution in [0.2, 0.25) is 0 Å². The van der Waals surface area contributed by atoms with Gasteiger partial charge in [-0.1, -0.05) is 0 Å². The molecular formula is C4H9NO2. The topological polar surface area (TPSA) is 52.8 Å². The zero-order valence-electron chi connectivity index (χ0n) is 4.04. The summed E-state index contributed by atoms with van der Waals surface area (Å²) in [5.41, 5.74) is 0. The van der Waals surface area contributed by atoms with Crippen LogP contribution in [-0.2, 0) is 0 Å². The SMILES string of the molecule is C=NCC(O)CO. The number of aliphatic hydroxyl groups is 2. The molecule has 3 nitrogen and oxygen atoms in total. The third kappa shape index (κ3) is 3.42. The van der Waals surface area contributed by atoms with Crippen molar-refractivity contribution in [3.05, 3.63) is 0 Å². The van der Waals surface area contributed by atoms with E-state index in [1.165, 1.54) is 0 Å². The van der Waals surface area contributed by atoms with Crippen molar-refractivity contribution in [2.45, 2.75) is 6.10 Å². The molecule has 0 aromatic carbocycles. The predicted molar refractivity (Wildman–Crippen MR) is 27.5 cm³/mol. The van der Waals surface area contributed by atoms with E-state index in [-0.39, 0.29) is 13.2 Å². The quantitative estimate of drug-likeness (QED) is 0.452. The van der Waals surface area contributed by atoms with E-state index in [0.29, 0.717) is 0 Å². The molecule has 0 spiro atoms. The van der Waals surface area contributed by atoms with Gasteiger partial charge in [0.1, 0.15) is 0 Å². The van der Waals surface area contributed by atoms with Crippen molar-refractivity contribution in [3.8, 4) is 0 Å². The largest absolute Gasteiger partial charge is 0.394 e. The van der Waals surface area contributed by atoms with Gasteiger partial charge in [0.2, 0.25) is 0 Å². The van der Waals surface area contributed by atoms with Crippen LogP contribution in [0.5, 0.6) is 0 Å². The van der Waals surface area contributed by atoms with E-state index in [1.807, 2.05) is 0 Å². The molecular weight excluding hydrogens is 94.0 g/mol. The van der Waals surface area contributed by atoms with Gasteiger partial charge in [0, 0.05) is 0 Å². The second-order valence-corrected chi connectivity index (χ2v) is 1.24. The standard InChI is InChI=1S/C4H9NO2/c1-5-2-4(7)3-6/h4,6-7H,1-3H2. The van der Waals surface area contributed by atoms with Gasteiger partial charge in [-0.25, -0.2) is 0 Å². The molecule has 1 atom stereocenters. The Kier molecular flexibility index (Phi) is 3.55. The highest BCUT2D eigenvalue weighted by Gasteiger charge is 1.95. The zero-order chi connectivity index (χ0) is 5.70. The van der Waals surface area contributed by atoms with Crippen LogP contribution in [-0.4, -0.2) is 36.2 Å². The van der Waals surface area contributed by atoms with Gasteiger partial charge in [-0.3, -0.25) is 4.99 Å². The summed E-state index contributed by atoms with van der Waals surface area (Å²) in [7, 11) is 0. The summed E-state index contributed by atoms with van der Waals surface area (Å²) in [6, 6.07) is 0. The number of aliphatic hydroxyl groups excluding tert-OH is 2. The number of aliphatic imine (C=N–C) groups is 1. The number of rotatable bonds is 3. The summed E-state index contributed by atoms with van der Waals surface area (Å²) < 4.78 is 0. The maximum absolute atomic E-state index is 8.47. The third-order valence-corrected chi connectivity index (χ3v) is 0.551. The molecule has 0 aromatic heterocycles. The Hall–Kier alpha value is -0.410. The van der Waals surface area contributed by atoms with E-state index in [1.54, 1.807) is 0 Å². The molecule has 0 aromatic rings. The Bertz CT molecular complexity index is 55.7. The minimum atomic E-state index is -0.725. The van der Waals surface area contributed by atoms with Gasteiger partial charge >= 0.3 is 0 Å². The lowest BCUT2D eigenvalue weighted by atomic mass is 10.4. The highest BCUT2D eigenvalue weighted by Crippen LogP contribution is 1.77. The van der Waals surface area contributed by atoms with Crippen molar-refractivity contribution in [2.24, 2.45) is 4.99 Å². The molecule has 0 saturated heterocycles. The Morgan fingerprint density at radius 1 is 1.71 bits per heavy atom. The van der Waals surface area contributed by atoms with Crippen LogP contribution in [0.3, 0.4) is 0 Å². The highest BCUT2D eigenvalue weighted by atomic mass is 16.3. The lowest BCUT2D eigenvalue weighted by molar-refractivity contribution is 0.102. The molecule has 0 amide bonds. The summed E-state index contributed by atoms with van der Waals surface area (Å²) >= 11 is 0. The highest BCUT2D eigenvalue weighted by molar-refractivity contribution is 5.23. The third-order valence-electron chi connectivity index (χ3n) is 0.551. The fourth-order valence-electron chi connectivity index (χ4n) is 0.207. The van der Waals surface area contributed by atoms with Crippen molar-refractivity contribution in [1.82, 2.24) is 0 Å². The normalized spacial score (nSPS) is 13.4. The number of nitrogens with zero attached hydrogens (tertiary/aromatic N) is 1.